The number of H-pyrrole nitrogens is 1. The van der Waals surface area contributed by atoms with Gasteiger partial charge in [0.1, 0.15) is 0 Å². The molecule has 3 N–H and O–H groups in total. The molecule has 1 aromatic heterocycles. The zero-order valence-electron chi connectivity index (χ0n) is 11.2. The minimum atomic E-state index is 0.106. The van der Waals surface area contributed by atoms with Crippen molar-refractivity contribution in [2.24, 2.45) is 5.73 Å². The Labute approximate surface area is 109 Å². The molecular formula is C15H24N2O. The minimum Gasteiger partial charge on any atom is -0.364 e. The lowest BCUT2D eigenvalue weighted by molar-refractivity contribution is -0.115. The molecule has 0 amide bonds. The number of ketones is 1. The highest BCUT2D eigenvalue weighted by atomic mass is 16.1. The number of nitrogens with two attached hydrogens (primary N) is 1. The Hall–Kier alpha value is -1.35. The SMILES string of the molecule is C=CC(=O)CC(CCCCC)c1[nH]ccc1CN. The summed E-state index contributed by atoms with van der Waals surface area (Å²) in [7, 11) is 0. The van der Waals surface area contributed by atoms with Gasteiger partial charge in [0, 0.05) is 30.8 Å². The van der Waals surface area contributed by atoms with Gasteiger partial charge in [0.15, 0.2) is 5.78 Å². The first kappa shape index (κ1) is 14.7. The largest absolute Gasteiger partial charge is 0.364 e. The summed E-state index contributed by atoms with van der Waals surface area (Å²) in [6.45, 7) is 6.25. The van der Waals surface area contributed by atoms with Crippen LogP contribution in [0.1, 0.15) is 56.2 Å². The second-order valence-electron chi connectivity index (χ2n) is 4.69. The van der Waals surface area contributed by atoms with Crippen LogP contribution in [-0.4, -0.2) is 10.8 Å². The Morgan fingerprint density at radius 2 is 2.33 bits per heavy atom. The fourth-order valence-electron chi connectivity index (χ4n) is 2.29. The van der Waals surface area contributed by atoms with Gasteiger partial charge in [-0.3, -0.25) is 4.79 Å². The van der Waals surface area contributed by atoms with Gasteiger partial charge < -0.3 is 10.7 Å². The number of aromatic nitrogens is 1. The van der Waals surface area contributed by atoms with E-state index in [1.54, 1.807) is 0 Å². The third kappa shape index (κ3) is 4.15. The molecule has 0 aromatic carbocycles. The molecule has 0 bridgehead atoms. The molecule has 0 spiro atoms. The van der Waals surface area contributed by atoms with Gasteiger partial charge in [-0.15, -0.1) is 0 Å². The van der Waals surface area contributed by atoms with Crippen molar-refractivity contribution in [1.29, 1.82) is 0 Å². The van der Waals surface area contributed by atoms with Crippen LogP contribution in [0.3, 0.4) is 0 Å². The van der Waals surface area contributed by atoms with E-state index in [0.29, 0.717) is 13.0 Å². The van der Waals surface area contributed by atoms with Gasteiger partial charge in [-0.25, -0.2) is 0 Å². The van der Waals surface area contributed by atoms with Gasteiger partial charge in [-0.05, 0) is 24.1 Å². The van der Waals surface area contributed by atoms with Crippen molar-refractivity contribution in [2.75, 3.05) is 0 Å². The number of aromatic amines is 1. The Balaban J connectivity index is 2.75. The Bertz CT molecular complexity index is 382. The van der Waals surface area contributed by atoms with Crippen LogP contribution in [0.25, 0.3) is 0 Å². The molecule has 1 aromatic rings. The number of allylic oxidation sites excluding steroid dienone is 1. The van der Waals surface area contributed by atoms with Crippen molar-refractivity contribution in [2.45, 2.75) is 51.5 Å². The van der Waals surface area contributed by atoms with Gasteiger partial charge in [0.05, 0.1) is 0 Å². The first-order valence-electron chi connectivity index (χ1n) is 6.74. The van der Waals surface area contributed by atoms with Crippen LogP contribution in [-0.2, 0) is 11.3 Å². The number of nitrogens with one attached hydrogen (secondary N) is 1. The van der Waals surface area contributed by atoms with Crippen molar-refractivity contribution >= 4 is 5.78 Å². The summed E-state index contributed by atoms with van der Waals surface area (Å²) in [5.41, 5.74) is 7.97. The summed E-state index contributed by atoms with van der Waals surface area (Å²) in [4.78, 5) is 14.8. The van der Waals surface area contributed by atoms with E-state index in [1.165, 1.54) is 18.9 Å². The Kier molecular flexibility index (Phi) is 6.44. The number of hydrogen-bond donors (Lipinski definition) is 2. The highest BCUT2D eigenvalue weighted by molar-refractivity contribution is 5.89. The fraction of sp³-hybridized carbons (Fsp3) is 0.533. The fourth-order valence-corrected chi connectivity index (χ4v) is 2.29. The van der Waals surface area contributed by atoms with Gasteiger partial charge in [-0.2, -0.15) is 0 Å². The number of hydrogen-bond acceptors (Lipinski definition) is 2. The molecule has 0 aliphatic carbocycles. The third-order valence-corrected chi connectivity index (χ3v) is 3.33. The summed E-state index contributed by atoms with van der Waals surface area (Å²) in [5.74, 6) is 0.352. The van der Waals surface area contributed by atoms with Crippen LogP contribution in [0, 0.1) is 0 Å². The second kappa shape index (κ2) is 7.88. The summed E-state index contributed by atoms with van der Waals surface area (Å²) < 4.78 is 0. The summed E-state index contributed by atoms with van der Waals surface area (Å²) in [6.07, 6.45) is 8.42. The van der Waals surface area contributed by atoms with Gasteiger partial charge >= 0.3 is 0 Å². The first-order chi connectivity index (χ1) is 8.72. The quantitative estimate of drug-likeness (QED) is 0.520. The van der Waals surface area contributed by atoms with Crippen molar-refractivity contribution in [3.63, 3.8) is 0 Å². The molecule has 3 nitrogen and oxygen atoms in total. The predicted octanol–water partition coefficient (Wildman–Crippen LogP) is 3.28. The Morgan fingerprint density at radius 3 is 2.94 bits per heavy atom. The molecular weight excluding hydrogens is 224 g/mol. The molecule has 1 atom stereocenters. The summed E-state index contributed by atoms with van der Waals surface area (Å²) in [6, 6.07) is 2.00. The lowest BCUT2D eigenvalue weighted by atomic mass is 9.90. The molecule has 0 saturated heterocycles. The van der Waals surface area contributed by atoms with E-state index >= 15 is 0 Å². The molecule has 1 unspecified atom stereocenters. The van der Waals surface area contributed by atoms with E-state index in [0.717, 1.165) is 24.1 Å². The molecule has 0 fully saturated rings. The highest BCUT2D eigenvalue weighted by Crippen LogP contribution is 2.28. The van der Waals surface area contributed by atoms with Crippen LogP contribution in [0.2, 0.25) is 0 Å². The maximum atomic E-state index is 11.6. The monoisotopic (exact) mass is 248 g/mol. The zero-order chi connectivity index (χ0) is 13.4. The number of carbonyl (C=O) groups is 1. The predicted molar refractivity (Wildman–Crippen MR) is 75.4 cm³/mol. The minimum absolute atomic E-state index is 0.106. The van der Waals surface area contributed by atoms with E-state index in [9.17, 15) is 4.79 Å². The molecule has 1 rings (SSSR count). The molecule has 3 heteroatoms. The smallest absolute Gasteiger partial charge is 0.155 e. The van der Waals surface area contributed by atoms with E-state index < -0.39 is 0 Å². The molecule has 0 saturated carbocycles. The molecule has 0 aliphatic rings. The van der Waals surface area contributed by atoms with Crippen LogP contribution in [0.4, 0.5) is 0 Å². The third-order valence-electron chi connectivity index (χ3n) is 3.33. The standard InChI is InChI=1S/C15H24N2O/c1-3-5-6-7-12(10-14(18)4-2)15-13(11-16)8-9-17-15/h4,8-9,12,17H,2-3,5-7,10-11,16H2,1H3. The topological polar surface area (TPSA) is 58.9 Å². The first-order valence-corrected chi connectivity index (χ1v) is 6.74. The van der Waals surface area contributed by atoms with Crippen molar-refractivity contribution in [1.82, 2.24) is 4.98 Å². The number of rotatable bonds is 9. The average molecular weight is 248 g/mol. The van der Waals surface area contributed by atoms with Crippen LogP contribution in [0.15, 0.2) is 24.9 Å². The van der Waals surface area contributed by atoms with Crippen LogP contribution in [0.5, 0.6) is 0 Å². The van der Waals surface area contributed by atoms with E-state index in [4.69, 9.17) is 5.73 Å². The Morgan fingerprint density at radius 1 is 1.56 bits per heavy atom. The zero-order valence-corrected chi connectivity index (χ0v) is 11.2. The maximum Gasteiger partial charge on any atom is 0.155 e. The lowest BCUT2D eigenvalue weighted by Gasteiger charge is -2.16. The maximum absolute atomic E-state index is 11.6. The summed E-state index contributed by atoms with van der Waals surface area (Å²) in [5, 5.41) is 0. The second-order valence-corrected chi connectivity index (χ2v) is 4.69. The number of carbonyl (C=O) groups excluding carboxylic acids is 1. The van der Waals surface area contributed by atoms with E-state index in [1.807, 2.05) is 12.3 Å². The molecule has 0 aliphatic heterocycles. The molecule has 18 heavy (non-hydrogen) atoms. The molecule has 1 heterocycles. The molecule has 0 radical (unpaired) electrons. The normalized spacial score (nSPS) is 12.3. The average Bonchev–Trinajstić information content (AvgIpc) is 2.85. The highest BCUT2D eigenvalue weighted by Gasteiger charge is 2.18. The van der Waals surface area contributed by atoms with Crippen molar-refractivity contribution < 1.29 is 4.79 Å². The van der Waals surface area contributed by atoms with Crippen LogP contribution < -0.4 is 5.73 Å². The van der Waals surface area contributed by atoms with Gasteiger partial charge in [0.25, 0.3) is 0 Å². The van der Waals surface area contributed by atoms with E-state index in [-0.39, 0.29) is 11.7 Å². The lowest BCUT2D eigenvalue weighted by Crippen LogP contribution is -2.09. The summed E-state index contributed by atoms with van der Waals surface area (Å²) >= 11 is 0. The van der Waals surface area contributed by atoms with Crippen molar-refractivity contribution in [3.05, 3.63) is 36.2 Å². The van der Waals surface area contributed by atoms with Gasteiger partial charge in [-0.1, -0.05) is 32.8 Å². The molecule has 100 valence electrons. The van der Waals surface area contributed by atoms with Gasteiger partial charge in [0.2, 0.25) is 0 Å². The van der Waals surface area contributed by atoms with E-state index in [2.05, 4.69) is 18.5 Å². The number of unbranched alkanes of at least 4 members (excludes halogenated alkanes) is 2. The van der Waals surface area contributed by atoms with Crippen molar-refractivity contribution in [3.8, 4) is 0 Å². The van der Waals surface area contributed by atoms with Crippen LogP contribution >= 0.6 is 0 Å².